The molecule has 2 aliphatic heterocycles. The summed E-state index contributed by atoms with van der Waals surface area (Å²) < 4.78 is 0. The molecule has 0 aromatic carbocycles. The molecule has 0 radical (unpaired) electrons. The van der Waals surface area contributed by atoms with Crippen molar-refractivity contribution in [3.05, 3.63) is 23.4 Å². The number of hydrogen-bond donors (Lipinski definition) is 1. The molecule has 2 N–H and O–H groups in total. The van der Waals surface area contributed by atoms with E-state index in [4.69, 9.17) is 5.73 Å². The van der Waals surface area contributed by atoms with Gasteiger partial charge in [-0.05, 0) is 12.5 Å². The number of aliphatic carboxylic acids is 1. The molecule has 2 atom stereocenters. The molecule has 0 bridgehead atoms. The van der Waals surface area contributed by atoms with Gasteiger partial charge in [0, 0.05) is 5.75 Å². The Morgan fingerprint density at radius 1 is 1.65 bits per heavy atom. The molecule has 1 fully saturated rings. The minimum Gasteiger partial charge on any atom is -0.543 e. The van der Waals surface area contributed by atoms with Crippen molar-refractivity contribution in [1.82, 2.24) is 4.90 Å². The molecule has 86 valence electrons. The van der Waals surface area contributed by atoms with Crippen molar-refractivity contribution in [3.8, 4) is 0 Å². The summed E-state index contributed by atoms with van der Waals surface area (Å²) in [5, 5.41) is 10.8. The third-order valence-electron chi connectivity index (χ3n) is 2.60. The summed E-state index contributed by atoms with van der Waals surface area (Å²) in [6.45, 7) is 1.79. The number of fused-ring (bicyclic) bond motifs is 1. The largest absolute Gasteiger partial charge is 1.00 e. The summed E-state index contributed by atoms with van der Waals surface area (Å²) in [5.41, 5.74) is 6.16. The minimum absolute atomic E-state index is 0. The van der Waals surface area contributed by atoms with E-state index in [2.05, 4.69) is 0 Å². The van der Waals surface area contributed by atoms with Gasteiger partial charge in [-0.3, -0.25) is 9.69 Å². The van der Waals surface area contributed by atoms with Crippen LogP contribution < -0.4 is 62.2 Å². The molecule has 2 rings (SSSR count). The number of carboxylic acids is 1. The van der Waals surface area contributed by atoms with Crippen LogP contribution in [0.5, 0.6) is 0 Å². The maximum absolute atomic E-state index is 11.5. The van der Waals surface area contributed by atoms with Crippen molar-refractivity contribution in [3.63, 3.8) is 0 Å². The van der Waals surface area contributed by atoms with Gasteiger partial charge in [-0.25, -0.2) is 0 Å². The number of thioether (sulfide) groups is 1. The van der Waals surface area contributed by atoms with E-state index < -0.39 is 12.0 Å². The molecule has 2 heterocycles. The van der Waals surface area contributed by atoms with Crippen LogP contribution in [0.4, 0.5) is 0 Å². The first-order valence-electron chi connectivity index (χ1n) is 4.85. The van der Waals surface area contributed by atoms with E-state index in [1.807, 2.05) is 0 Å². The normalized spacial score (nSPS) is 27.6. The molecular weight excluding hydrogens is 267 g/mol. The zero-order valence-corrected chi connectivity index (χ0v) is 13.6. The van der Waals surface area contributed by atoms with Crippen LogP contribution in [0, 0.1) is 0 Å². The average molecular weight is 278 g/mol. The SMILES string of the molecule is C/C=C\C1=C(C(=O)[O-])N2C(=O)[C@@H](N)[C@@H]2SC1.[K+]. The second-order valence-electron chi connectivity index (χ2n) is 3.60. The third kappa shape index (κ3) is 2.55. The number of hydrogen-bond acceptors (Lipinski definition) is 5. The Bertz CT molecular complexity index is 422. The van der Waals surface area contributed by atoms with Crippen LogP contribution in [0.25, 0.3) is 0 Å². The van der Waals surface area contributed by atoms with Gasteiger partial charge in [-0.2, -0.15) is 0 Å². The van der Waals surface area contributed by atoms with E-state index >= 15 is 0 Å². The minimum atomic E-state index is -1.32. The number of nitrogens with two attached hydrogens (primary N) is 1. The standard InChI is InChI=1S/C10H12N2O3S.K/c1-2-3-5-4-16-9-6(11)8(13)12(9)7(5)10(14)15;/h2-3,6,9H,4,11H2,1H3,(H,14,15);/q;+1/p-1/b3-2-;/t6-,9+;/m1./s1. The molecule has 0 spiro atoms. The molecule has 5 nitrogen and oxygen atoms in total. The van der Waals surface area contributed by atoms with Crippen molar-refractivity contribution in [2.75, 3.05) is 5.75 Å². The van der Waals surface area contributed by atoms with Crippen LogP contribution in [0.2, 0.25) is 0 Å². The molecule has 17 heavy (non-hydrogen) atoms. The number of rotatable bonds is 2. The molecule has 0 unspecified atom stereocenters. The molecule has 0 saturated carbocycles. The number of carbonyl (C=O) groups excluding carboxylic acids is 2. The number of β-lactam (4-membered cyclic amide) rings is 1. The Labute approximate surface area is 146 Å². The van der Waals surface area contributed by atoms with Gasteiger partial charge in [-0.15, -0.1) is 11.8 Å². The molecule has 1 saturated heterocycles. The Kier molecular flexibility index (Phi) is 5.45. The van der Waals surface area contributed by atoms with E-state index in [0.717, 1.165) is 0 Å². The molecule has 1 amide bonds. The fourth-order valence-corrected chi connectivity index (χ4v) is 3.12. The monoisotopic (exact) mass is 278 g/mol. The average Bonchev–Trinajstić information content (AvgIpc) is 2.27. The van der Waals surface area contributed by atoms with Gasteiger partial charge in [0.2, 0.25) is 5.91 Å². The quantitative estimate of drug-likeness (QED) is 0.409. The van der Waals surface area contributed by atoms with Crippen LogP contribution in [0.1, 0.15) is 6.92 Å². The summed E-state index contributed by atoms with van der Waals surface area (Å²) in [7, 11) is 0. The molecule has 0 aromatic heterocycles. The fraction of sp³-hybridized carbons (Fsp3) is 0.400. The maximum atomic E-state index is 11.5. The van der Waals surface area contributed by atoms with Crippen molar-refractivity contribution in [2.24, 2.45) is 5.73 Å². The molecule has 0 aromatic rings. The van der Waals surface area contributed by atoms with Crippen molar-refractivity contribution in [2.45, 2.75) is 18.3 Å². The Morgan fingerprint density at radius 3 is 2.82 bits per heavy atom. The Balaban J connectivity index is 0.00000144. The summed E-state index contributed by atoms with van der Waals surface area (Å²) in [4.78, 5) is 23.8. The van der Waals surface area contributed by atoms with Gasteiger partial charge in [0.05, 0.1) is 11.7 Å². The first kappa shape index (κ1) is 15.4. The van der Waals surface area contributed by atoms with Gasteiger partial charge in [0.15, 0.2) is 0 Å². The maximum Gasteiger partial charge on any atom is 1.00 e. The van der Waals surface area contributed by atoms with Crippen LogP contribution >= 0.6 is 11.8 Å². The predicted molar refractivity (Wildman–Crippen MR) is 57.9 cm³/mol. The number of amides is 1. The smallest absolute Gasteiger partial charge is 0.543 e. The van der Waals surface area contributed by atoms with Gasteiger partial charge >= 0.3 is 51.4 Å². The van der Waals surface area contributed by atoms with E-state index in [0.29, 0.717) is 11.3 Å². The van der Waals surface area contributed by atoms with E-state index in [-0.39, 0.29) is 68.4 Å². The molecule has 7 heteroatoms. The summed E-state index contributed by atoms with van der Waals surface area (Å²) in [5.74, 6) is -1.13. The van der Waals surface area contributed by atoms with Crippen molar-refractivity contribution < 1.29 is 66.1 Å². The zero-order chi connectivity index (χ0) is 11.9. The van der Waals surface area contributed by atoms with Gasteiger partial charge < -0.3 is 15.6 Å². The van der Waals surface area contributed by atoms with E-state index in [1.54, 1.807) is 19.1 Å². The number of nitrogens with zero attached hydrogens (tertiary/aromatic N) is 1. The van der Waals surface area contributed by atoms with Crippen LogP contribution in [0.3, 0.4) is 0 Å². The molecule has 2 aliphatic rings. The summed E-state index contributed by atoms with van der Waals surface area (Å²) in [6, 6.07) is -0.591. The Hall–Kier alpha value is 0.366. The summed E-state index contributed by atoms with van der Waals surface area (Å²) >= 11 is 1.47. The van der Waals surface area contributed by atoms with Gasteiger partial charge in [0.1, 0.15) is 11.4 Å². The predicted octanol–water partition coefficient (Wildman–Crippen LogP) is -4.19. The Morgan fingerprint density at radius 2 is 2.29 bits per heavy atom. The third-order valence-corrected chi connectivity index (χ3v) is 3.92. The van der Waals surface area contributed by atoms with Crippen molar-refractivity contribution >= 4 is 23.6 Å². The second-order valence-corrected chi connectivity index (χ2v) is 4.70. The van der Waals surface area contributed by atoms with Crippen LogP contribution in [-0.4, -0.2) is 33.9 Å². The number of allylic oxidation sites excluding steroid dienone is 2. The van der Waals surface area contributed by atoms with E-state index in [9.17, 15) is 14.7 Å². The first-order chi connectivity index (χ1) is 7.57. The van der Waals surface area contributed by atoms with Crippen LogP contribution in [-0.2, 0) is 9.59 Å². The topological polar surface area (TPSA) is 86.5 Å². The summed E-state index contributed by atoms with van der Waals surface area (Å²) in [6.07, 6.45) is 3.43. The second kappa shape index (κ2) is 6.01. The number of carbonyl (C=O) groups is 2. The molecular formula is C10H11KN2O3S. The molecule has 0 aliphatic carbocycles. The number of carboxylic acid groups (broad SMARTS) is 1. The zero-order valence-electron chi connectivity index (χ0n) is 9.67. The van der Waals surface area contributed by atoms with Gasteiger partial charge in [0.25, 0.3) is 0 Å². The van der Waals surface area contributed by atoms with Crippen molar-refractivity contribution in [1.29, 1.82) is 0 Å². The first-order valence-corrected chi connectivity index (χ1v) is 5.90. The van der Waals surface area contributed by atoms with E-state index in [1.165, 1.54) is 16.7 Å². The van der Waals surface area contributed by atoms with Gasteiger partial charge in [-0.1, -0.05) is 12.2 Å². The van der Waals surface area contributed by atoms with Crippen LogP contribution in [0.15, 0.2) is 23.4 Å². The fourth-order valence-electron chi connectivity index (χ4n) is 1.86.